The third-order valence-electron chi connectivity index (χ3n) is 4.63. The SMILES string of the molecule is CCNC(=NCc1ncnn1C)N1CCN(c2cccc(C(F)(F)F)c2)CC1.I. The van der Waals surface area contributed by atoms with Gasteiger partial charge in [-0.2, -0.15) is 18.3 Å². The van der Waals surface area contributed by atoms with Crippen LogP contribution in [0.5, 0.6) is 0 Å². The lowest BCUT2D eigenvalue weighted by Crippen LogP contribution is -2.52. The molecular formula is C18H25F3IN7. The smallest absolute Gasteiger partial charge is 0.368 e. The van der Waals surface area contributed by atoms with Gasteiger partial charge >= 0.3 is 6.18 Å². The number of nitrogens with one attached hydrogen (secondary N) is 1. The van der Waals surface area contributed by atoms with Crippen molar-refractivity contribution in [2.45, 2.75) is 19.6 Å². The number of guanidine groups is 1. The lowest BCUT2D eigenvalue weighted by molar-refractivity contribution is -0.137. The molecule has 11 heteroatoms. The Balaban J connectivity index is 0.00000300. The van der Waals surface area contributed by atoms with Crippen LogP contribution in [-0.2, 0) is 19.8 Å². The molecular weight excluding hydrogens is 498 g/mol. The van der Waals surface area contributed by atoms with E-state index in [2.05, 4.69) is 25.3 Å². The molecule has 0 saturated carbocycles. The first-order chi connectivity index (χ1) is 13.4. The van der Waals surface area contributed by atoms with E-state index in [1.54, 1.807) is 10.7 Å². The number of hydrogen-bond donors (Lipinski definition) is 1. The molecule has 1 saturated heterocycles. The lowest BCUT2D eigenvalue weighted by Gasteiger charge is -2.37. The summed E-state index contributed by atoms with van der Waals surface area (Å²) in [6.45, 7) is 5.71. The Morgan fingerprint density at radius 3 is 2.52 bits per heavy atom. The molecule has 7 nitrogen and oxygen atoms in total. The number of halogens is 4. The van der Waals surface area contributed by atoms with E-state index >= 15 is 0 Å². The zero-order valence-corrected chi connectivity index (χ0v) is 18.7. The number of rotatable bonds is 4. The van der Waals surface area contributed by atoms with Crippen molar-refractivity contribution in [1.82, 2.24) is 25.0 Å². The number of alkyl halides is 3. The van der Waals surface area contributed by atoms with Gasteiger partial charge < -0.3 is 15.1 Å². The summed E-state index contributed by atoms with van der Waals surface area (Å²) in [5.41, 5.74) is -0.0264. The van der Waals surface area contributed by atoms with Crippen LogP contribution in [-0.4, -0.2) is 58.3 Å². The summed E-state index contributed by atoms with van der Waals surface area (Å²) in [7, 11) is 1.82. The van der Waals surface area contributed by atoms with Crippen molar-refractivity contribution >= 4 is 35.6 Å². The standard InChI is InChI=1S/C18H24F3N7.HI/c1-3-22-17(23-12-16-24-13-25-26(16)2)28-9-7-27(8-10-28)15-6-4-5-14(11-15)18(19,20)21;/h4-6,11,13H,3,7-10,12H2,1-2H3,(H,22,23);1H. The molecule has 2 aromatic rings. The van der Waals surface area contributed by atoms with Gasteiger partial charge in [0.2, 0.25) is 0 Å². The second-order valence-corrected chi connectivity index (χ2v) is 6.49. The van der Waals surface area contributed by atoms with Crippen molar-refractivity contribution in [3.05, 3.63) is 42.0 Å². The van der Waals surface area contributed by atoms with Gasteiger partial charge in [0.05, 0.1) is 5.56 Å². The average Bonchev–Trinajstić information content (AvgIpc) is 3.09. The van der Waals surface area contributed by atoms with E-state index in [9.17, 15) is 13.2 Å². The summed E-state index contributed by atoms with van der Waals surface area (Å²) in [4.78, 5) is 12.9. The van der Waals surface area contributed by atoms with Crippen LogP contribution in [0, 0.1) is 0 Å². The van der Waals surface area contributed by atoms with Crippen LogP contribution in [0.3, 0.4) is 0 Å². The molecule has 1 N–H and O–H groups in total. The minimum Gasteiger partial charge on any atom is -0.368 e. The molecule has 1 aliphatic rings. The van der Waals surface area contributed by atoms with E-state index in [4.69, 9.17) is 0 Å². The second kappa shape index (κ2) is 10.1. The highest BCUT2D eigenvalue weighted by molar-refractivity contribution is 14.0. The van der Waals surface area contributed by atoms with Crippen LogP contribution in [0.2, 0.25) is 0 Å². The normalized spacial score (nSPS) is 15.3. The van der Waals surface area contributed by atoms with Gasteiger partial charge in [-0.25, -0.2) is 9.98 Å². The Kier molecular flexibility index (Phi) is 8.11. The molecule has 1 fully saturated rings. The summed E-state index contributed by atoms with van der Waals surface area (Å²) in [6, 6.07) is 5.49. The Morgan fingerprint density at radius 1 is 1.21 bits per heavy atom. The fraction of sp³-hybridized carbons (Fsp3) is 0.500. The summed E-state index contributed by atoms with van der Waals surface area (Å²) < 4.78 is 40.5. The van der Waals surface area contributed by atoms with Crippen molar-refractivity contribution in [1.29, 1.82) is 0 Å². The largest absolute Gasteiger partial charge is 0.416 e. The van der Waals surface area contributed by atoms with E-state index in [0.29, 0.717) is 38.4 Å². The molecule has 1 aromatic heterocycles. The van der Waals surface area contributed by atoms with Crippen LogP contribution in [0.4, 0.5) is 18.9 Å². The minimum atomic E-state index is -4.33. The zero-order valence-electron chi connectivity index (χ0n) is 16.4. The quantitative estimate of drug-likeness (QED) is 0.380. The maximum absolute atomic E-state index is 13.0. The molecule has 0 spiro atoms. The van der Waals surface area contributed by atoms with Crippen LogP contribution in [0.25, 0.3) is 0 Å². The second-order valence-electron chi connectivity index (χ2n) is 6.49. The van der Waals surface area contributed by atoms with E-state index in [-0.39, 0.29) is 24.0 Å². The Bertz CT molecular complexity index is 814. The van der Waals surface area contributed by atoms with Crippen molar-refractivity contribution in [3.63, 3.8) is 0 Å². The van der Waals surface area contributed by atoms with Gasteiger partial charge in [-0.15, -0.1) is 24.0 Å². The van der Waals surface area contributed by atoms with Gasteiger partial charge in [0.1, 0.15) is 18.7 Å². The fourth-order valence-electron chi connectivity index (χ4n) is 3.09. The number of nitrogens with zero attached hydrogens (tertiary/aromatic N) is 6. The van der Waals surface area contributed by atoms with Gasteiger partial charge in [0, 0.05) is 45.5 Å². The third kappa shape index (κ3) is 5.97. The highest BCUT2D eigenvalue weighted by atomic mass is 127. The predicted octanol–water partition coefficient (Wildman–Crippen LogP) is 2.74. The molecule has 0 bridgehead atoms. The summed E-state index contributed by atoms with van der Waals surface area (Å²) in [5.74, 6) is 1.53. The van der Waals surface area contributed by atoms with Crippen molar-refractivity contribution in [3.8, 4) is 0 Å². The van der Waals surface area contributed by atoms with Crippen molar-refractivity contribution in [2.24, 2.45) is 12.0 Å². The number of hydrogen-bond acceptors (Lipinski definition) is 4. The van der Waals surface area contributed by atoms with Crippen molar-refractivity contribution < 1.29 is 13.2 Å². The number of aryl methyl sites for hydroxylation is 1. The van der Waals surface area contributed by atoms with Gasteiger partial charge in [0.25, 0.3) is 0 Å². The van der Waals surface area contributed by atoms with Crippen LogP contribution in [0.1, 0.15) is 18.3 Å². The number of anilines is 1. The first-order valence-electron chi connectivity index (χ1n) is 9.17. The van der Waals surface area contributed by atoms with Crippen LogP contribution >= 0.6 is 24.0 Å². The lowest BCUT2D eigenvalue weighted by atomic mass is 10.1. The third-order valence-corrected chi connectivity index (χ3v) is 4.63. The molecule has 160 valence electrons. The van der Waals surface area contributed by atoms with E-state index in [1.165, 1.54) is 18.5 Å². The summed E-state index contributed by atoms with van der Waals surface area (Å²) >= 11 is 0. The molecule has 0 amide bonds. The Morgan fingerprint density at radius 2 is 1.93 bits per heavy atom. The van der Waals surface area contributed by atoms with Crippen LogP contribution in [0.15, 0.2) is 35.6 Å². The molecule has 1 aromatic carbocycles. The first kappa shape index (κ1) is 23.2. The van der Waals surface area contributed by atoms with Crippen LogP contribution < -0.4 is 10.2 Å². The molecule has 0 unspecified atom stereocenters. The highest BCUT2D eigenvalue weighted by Crippen LogP contribution is 2.31. The molecule has 2 heterocycles. The number of aliphatic imine (C=N–C) groups is 1. The van der Waals surface area contributed by atoms with E-state index in [0.717, 1.165) is 24.4 Å². The topological polar surface area (TPSA) is 61.6 Å². The van der Waals surface area contributed by atoms with E-state index in [1.807, 2.05) is 18.9 Å². The monoisotopic (exact) mass is 523 g/mol. The first-order valence-corrected chi connectivity index (χ1v) is 9.17. The average molecular weight is 523 g/mol. The number of aromatic nitrogens is 3. The predicted molar refractivity (Wildman–Crippen MR) is 116 cm³/mol. The Hall–Kier alpha value is -2.05. The zero-order chi connectivity index (χ0) is 20.1. The van der Waals surface area contributed by atoms with Gasteiger partial charge in [-0.05, 0) is 25.1 Å². The number of benzene rings is 1. The maximum Gasteiger partial charge on any atom is 0.416 e. The van der Waals surface area contributed by atoms with Crippen molar-refractivity contribution in [2.75, 3.05) is 37.6 Å². The van der Waals surface area contributed by atoms with Gasteiger partial charge in [-0.1, -0.05) is 6.07 Å². The molecule has 29 heavy (non-hydrogen) atoms. The molecule has 3 rings (SSSR count). The fourth-order valence-corrected chi connectivity index (χ4v) is 3.09. The Labute approximate surface area is 185 Å². The highest BCUT2D eigenvalue weighted by Gasteiger charge is 2.31. The van der Waals surface area contributed by atoms with Gasteiger partial charge in [0.15, 0.2) is 5.96 Å². The minimum absolute atomic E-state index is 0. The van der Waals surface area contributed by atoms with E-state index < -0.39 is 11.7 Å². The molecule has 1 aliphatic heterocycles. The molecule has 0 atom stereocenters. The summed E-state index contributed by atoms with van der Waals surface area (Å²) in [6.07, 6.45) is -2.84. The number of piperazine rings is 1. The maximum atomic E-state index is 13.0. The molecule has 0 aliphatic carbocycles. The summed E-state index contributed by atoms with van der Waals surface area (Å²) in [5, 5.41) is 7.31. The van der Waals surface area contributed by atoms with Gasteiger partial charge in [-0.3, -0.25) is 4.68 Å². The molecule has 0 radical (unpaired) electrons.